The van der Waals surface area contributed by atoms with E-state index >= 15 is 0 Å². The van der Waals surface area contributed by atoms with E-state index in [9.17, 15) is 9.59 Å². The summed E-state index contributed by atoms with van der Waals surface area (Å²) in [6, 6.07) is 5.38. The average molecular weight is 356 g/mol. The van der Waals surface area contributed by atoms with Crippen molar-refractivity contribution in [3.8, 4) is 0 Å². The van der Waals surface area contributed by atoms with Gasteiger partial charge in [-0.25, -0.2) is 4.98 Å². The normalized spacial score (nSPS) is 10.9. The Kier molecular flexibility index (Phi) is 4.82. The second-order valence-corrected chi connectivity index (χ2v) is 6.13. The van der Waals surface area contributed by atoms with Gasteiger partial charge in [0.1, 0.15) is 0 Å². The van der Waals surface area contributed by atoms with Crippen LogP contribution in [-0.2, 0) is 11.3 Å². The maximum absolute atomic E-state index is 12.5. The lowest BCUT2D eigenvalue weighted by atomic mass is 10.2. The first-order valence-electron chi connectivity index (χ1n) is 6.14. The van der Waals surface area contributed by atoms with Gasteiger partial charge in [0, 0.05) is 11.0 Å². The Hall–Kier alpha value is -1.34. The number of benzene rings is 1. The van der Waals surface area contributed by atoms with Crippen molar-refractivity contribution in [2.24, 2.45) is 5.73 Å². The summed E-state index contributed by atoms with van der Waals surface area (Å²) in [5, 5.41) is 1.10. The first-order chi connectivity index (χ1) is 9.52. The fourth-order valence-corrected chi connectivity index (χ4v) is 2.96. The second-order valence-electron chi connectivity index (χ2n) is 4.27. The van der Waals surface area contributed by atoms with Crippen LogP contribution in [0.15, 0.2) is 32.6 Å². The molecule has 1 amide bonds. The molecule has 0 saturated heterocycles. The topological polar surface area (TPSA) is 78.0 Å². The molecule has 1 aromatic carbocycles. The molecule has 0 aliphatic rings. The number of halogens is 1. The molecule has 0 atom stereocenters. The van der Waals surface area contributed by atoms with Gasteiger partial charge in [-0.15, -0.1) is 0 Å². The van der Waals surface area contributed by atoms with E-state index in [0.29, 0.717) is 22.6 Å². The molecule has 0 bridgehead atoms. The number of fused-ring (bicyclic) bond motifs is 1. The third-order valence-corrected chi connectivity index (χ3v) is 4.16. The van der Waals surface area contributed by atoms with E-state index in [1.54, 1.807) is 16.7 Å². The summed E-state index contributed by atoms with van der Waals surface area (Å²) in [5.74, 6) is -0.318. The highest BCUT2D eigenvalue weighted by atomic mass is 79.9. The van der Waals surface area contributed by atoms with E-state index in [0.717, 1.165) is 10.9 Å². The molecule has 0 saturated carbocycles. The maximum Gasteiger partial charge on any atom is 0.262 e. The molecule has 1 aromatic heterocycles. The largest absolute Gasteiger partial charge is 0.369 e. The van der Waals surface area contributed by atoms with Gasteiger partial charge < -0.3 is 5.73 Å². The molecule has 0 aliphatic heterocycles. The number of nitrogens with zero attached hydrogens (tertiary/aromatic N) is 2. The highest BCUT2D eigenvalue weighted by molar-refractivity contribution is 9.10. The lowest BCUT2D eigenvalue weighted by molar-refractivity contribution is -0.115. The number of amides is 1. The monoisotopic (exact) mass is 355 g/mol. The molecule has 20 heavy (non-hydrogen) atoms. The first-order valence-corrected chi connectivity index (χ1v) is 7.92. The number of aromatic nitrogens is 2. The first kappa shape index (κ1) is 15.1. The van der Waals surface area contributed by atoms with Gasteiger partial charge in [-0.2, -0.15) is 0 Å². The molecule has 7 heteroatoms. The number of rotatable bonds is 5. The minimum Gasteiger partial charge on any atom is -0.369 e. The lowest BCUT2D eigenvalue weighted by Gasteiger charge is -2.11. The molecule has 5 nitrogen and oxygen atoms in total. The van der Waals surface area contributed by atoms with Crippen LogP contribution < -0.4 is 11.3 Å². The van der Waals surface area contributed by atoms with E-state index in [1.807, 2.05) is 13.0 Å². The van der Waals surface area contributed by atoms with Crippen LogP contribution in [0.1, 0.15) is 13.3 Å². The number of carbonyl (C=O) groups is 1. The van der Waals surface area contributed by atoms with Crippen LogP contribution in [0.5, 0.6) is 0 Å². The van der Waals surface area contributed by atoms with Crippen molar-refractivity contribution in [2.75, 3.05) is 5.75 Å². The van der Waals surface area contributed by atoms with Crippen LogP contribution in [0.4, 0.5) is 0 Å². The van der Waals surface area contributed by atoms with Gasteiger partial charge in [-0.3, -0.25) is 14.2 Å². The lowest BCUT2D eigenvalue weighted by Crippen LogP contribution is -2.24. The van der Waals surface area contributed by atoms with Crippen LogP contribution in [0.2, 0.25) is 0 Å². The molecule has 1 heterocycles. The number of carbonyl (C=O) groups excluding carboxylic acids is 1. The molecule has 2 rings (SSSR count). The molecule has 2 N–H and O–H groups in total. The Labute approximate surface area is 128 Å². The third-order valence-electron chi connectivity index (χ3n) is 2.67. The fourth-order valence-electron chi connectivity index (χ4n) is 1.84. The summed E-state index contributed by atoms with van der Waals surface area (Å²) >= 11 is 4.55. The van der Waals surface area contributed by atoms with Crippen molar-refractivity contribution in [1.29, 1.82) is 0 Å². The van der Waals surface area contributed by atoms with Crippen molar-refractivity contribution in [2.45, 2.75) is 25.0 Å². The summed E-state index contributed by atoms with van der Waals surface area (Å²) in [4.78, 5) is 27.9. The van der Waals surface area contributed by atoms with Crippen molar-refractivity contribution < 1.29 is 4.79 Å². The van der Waals surface area contributed by atoms with E-state index in [1.165, 1.54) is 11.8 Å². The molecule has 0 unspecified atom stereocenters. The zero-order chi connectivity index (χ0) is 14.7. The summed E-state index contributed by atoms with van der Waals surface area (Å²) in [7, 11) is 0. The average Bonchev–Trinajstić information content (AvgIpc) is 2.41. The molecular formula is C13H14BrN3O2S. The fraction of sp³-hybridized carbons (Fsp3) is 0.308. The smallest absolute Gasteiger partial charge is 0.262 e. The van der Waals surface area contributed by atoms with Gasteiger partial charge in [0.05, 0.1) is 16.7 Å². The Morgan fingerprint density at radius 1 is 1.50 bits per heavy atom. The predicted molar refractivity (Wildman–Crippen MR) is 83.9 cm³/mol. The number of nitrogens with two attached hydrogens (primary N) is 1. The quantitative estimate of drug-likeness (QED) is 0.658. The number of hydrogen-bond donors (Lipinski definition) is 1. The van der Waals surface area contributed by atoms with E-state index in [-0.39, 0.29) is 11.3 Å². The third kappa shape index (κ3) is 3.21. The number of hydrogen-bond acceptors (Lipinski definition) is 4. The Balaban J connectivity index is 2.60. The summed E-state index contributed by atoms with van der Waals surface area (Å²) in [5.41, 5.74) is 5.68. The maximum atomic E-state index is 12.5. The molecule has 0 fully saturated rings. The van der Waals surface area contributed by atoms with Gasteiger partial charge in [0.2, 0.25) is 5.91 Å². The second kappa shape index (κ2) is 6.41. The Morgan fingerprint density at radius 2 is 2.25 bits per heavy atom. The van der Waals surface area contributed by atoms with E-state index in [2.05, 4.69) is 20.9 Å². The zero-order valence-electron chi connectivity index (χ0n) is 10.9. The molecule has 106 valence electrons. The highest BCUT2D eigenvalue weighted by Gasteiger charge is 2.12. The Bertz CT molecular complexity index is 715. The van der Waals surface area contributed by atoms with Gasteiger partial charge >= 0.3 is 0 Å². The van der Waals surface area contributed by atoms with Gasteiger partial charge in [-0.1, -0.05) is 34.6 Å². The summed E-state index contributed by atoms with van der Waals surface area (Å²) in [6.45, 7) is 2.55. The molecule has 2 aromatic rings. The predicted octanol–water partition coefficient (Wildman–Crippen LogP) is 2.15. The van der Waals surface area contributed by atoms with Crippen molar-refractivity contribution in [3.05, 3.63) is 33.0 Å². The van der Waals surface area contributed by atoms with Crippen molar-refractivity contribution in [3.63, 3.8) is 0 Å². The molecular weight excluding hydrogens is 342 g/mol. The van der Waals surface area contributed by atoms with Crippen LogP contribution >= 0.6 is 27.7 Å². The summed E-state index contributed by atoms with van der Waals surface area (Å²) < 4.78 is 2.44. The van der Waals surface area contributed by atoms with Crippen LogP contribution in [-0.4, -0.2) is 21.2 Å². The highest BCUT2D eigenvalue weighted by Crippen LogP contribution is 2.20. The van der Waals surface area contributed by atoms with Gasteiger partial charge in [0.15, 0.2) is 5.16 Å². The van der Waals surface area contributed by atoms with Gasteiger partial charge in [0.25, 0.3) is 5.56 Å². The van der Waals surface area contributed by atoms with Crippen molar-refractivity contribution >= 4 is 44.5 Å². The van der Waals surface area contributed by atoms with E-state index < -0.39 is 5.91 Å². The standard InChI is InChI=1S/C13H14BrN3O2S/c1-2-5-17-12(19)9-6-8(14)3-4-10(9)16-13(17)20-7-11(15)18/h3-4,6H,2,5,7H2,1H3,(H2,15,18). The summed E-state index contributed by atoms with van der Waals surface area (Å²) in [6.07, 6.45) is 0.811. The molecule has 0 spiro atoms. The molecule has 0 radical (unpaired) electrons. The number of primary amides is 1. The van der Waals surface area contributed by atoms with Crippen LogP contribution in [0.25, 0.3) is 10.9 Å². The molecule has 0 aliphatic carbocycles. The minimum atomic E-state index is -0.428. The van der Waals surface area contributed by atoms with Gasteiger partial charge in [-0.05, 0) is 24.6 Å². The minimum absolute atomic E-state index is 0.0925. The van der Waals surface area contributed by atoms with E-state index in [4.69, 9.17) is 5.73 Å². The Morgan fingerprint density at radius 3 is 2.90 bits per heavy atom. The zero-order valence-corrected chi connectivity index (χ0v) is 13.3. The number of thioether (sulfide) groups is 1. The van der Waals surface area contributed by atoms with Crippen LogP contribution in [0.3, 0.4) is 0 Å². The van der Waals surface area contributed by atoms with Crippen molar-refractivity contribution in [1.82, 2.24) is 9.55 Å². The SMILES string of the molecule is CCCn1c(SCC(N)=O)nc2ccc(Br)cc2c1=O. The van der Waals surface area contributed by atoms with Crippen LogP contribution in [0, 0.1) is 0 Å².